The minimum Gasteiger partial charge on any atom is -0.339 e. The Bertz CT molecular complexity index is 733. The molecule has 1 aliphatic heterocycles. The molecule has 1 aliphatic rings. The van der Waals surface area contributed by atoms with Crippen LogP contribution in [0.15, 0.2) is 36.5 Å². The van der Waals surface area contributed by atoms with E-state index in [4.69, 9.17) is 5.73 Å². The summed E-state index contributed by atoms with van der Waals surface area (Å²) in [7, 11) is 0. The number of benzene rings is 1. The van der Waals surface area contributed by atoms with Gasteiger partial charge in [-0.2, -0.15) is 18.3 Å². The summed E-state index contributed by atoms with van der Waals surface area (Å²) in [6, 6.07) is 7.07. The summed E-state index contributed by atoms with van der Waals surface area (Å²) < 4.78 is 39.8. The summed E-state index contributed by atoms with van der Waals surface area (Å²) in [5.74, 6) is -0.204. The second-order valence-corrected chi connectivity index (χ2v) is 5.81. The first-order valence-electron chi connectivity index (χ1n) is 7.63. The van der Waals surface area contributed by atoms with Crippen LogP contribution in [0.4, 0.5) is 13.2 Å². The van der Waals surface area contributed by atoms with Crippen LogP contribution in [0.25, 0.3) is 5.69 Å². The zero-order valence-corrected chi connectivity index (χ0v) is 12.8. The minimum atomic E-state index is -4.51. The molecule has 8 heteroatoms. The van der Waals surface area contributed by atoms with Gasteiger partial charge in [0.05, 0.1) is 11.9 Å². The lowest BCUT2D eigenvalue weighted by Crippen LogP contribution is -2.42. The minimum absolute atomic E-state index is 0.0961. The maximum absolute atomic E-state index is 13.0. The van der Waals surface area contributed by atoms with Crippen LogP contribution in [-0.4, -0.2) is 39.7 Å². The molecule has 128 valence electrons. The molecule has 24 heavy (non-hydrogen) atoms. The molecule has 0 saturated carbocycles. The topological polar surface area (TPSA) is 64.2 Å². The molecule has 1 fully saturated rings. The molecule has 0 bridgehead atoms. The predicted octanol–water partition coefficient (Wildman–Crippen LogP) is 2.45. The van der Waals surface area contributed by atoms with Crippen molar-refractivity contribution in [1.29, 1.82) is 0 Å². The highest BCUT2D eigenvalue weighted by molar-refractivity contribution is 5.94. The van der Waals surface area contributed by atoms with Crippen molar-refractivity contribution in [3.05, 3.63) is 47.8 Å². The van der Waals surface area contributed by atoms with E-state index >= 15 is 0 Å². The van der Waals surface area contributed by atoms with Gasteiger partial charge in [0.15, 0.2) is 0 Å². The quantitative estimate of drug-likeness (QED) is 0.915. The van der Waals surface area contributed by atoms with E-state index in [1.165, 1.54) is 12.1 Å². The lowest BCUT2D eigenvalue weighted by atomic mass is 10.0. The summed E-state index contributed by atoms with van der Waals surface area (Å²) >= 11 is 0. The van der Waals surface area contributed by atoms with Crippen molar-refractivity contribution < 1.29 is 18.0 Å². The fourth-order valence-electron chi connectivity index (χ4n) is 2.78. The SMILES string of the molecule is NC1CCN(C(=O)c2cccc(-n3nccc3C(F)(F)F)c2)CC1. The Morgan fingerprint density at radius 2 is 1.92 bits per heavy atom. The molecule has 3 rings (SSSR count). The molecular weight excluding hydrogens is 321 g/mol. The molecule has 5 nitrogen and oxygen atoms in total. The van der Waals surface area contributed by atoms with Gasteiger partial charge in [-0.3, -0.25) is 4.79 Å². The van der Waals surface area contributed by atoms with E-state index in [0.29, 0.717) is 18.7 Å². The maximum Gasteiger partial charge on any atom is 0.433 e. The molecule has 2 aromatic rings. The lowest BCUT2D eigenvalue weighted by molar-refractivity contribution is -0.142. The van der Waals surface area contributed by atoms with Gasteiger partial charge < -0.3 is 10.6 Å². The highest BCUT2D eigenvalue weighted by Crippen LogP contribution is 2.30. The number of aromatic nitrogens is 2. The normalized spacial score (nSPS) is 16.4. The first-order chi connectivity index (χ1) is 11.4. The van der Waals surface area contributed by atoms with Crippen molar-refractivity contribution in [3.8, 4) is 5.69 Å². The number of halogens is 3. The summed E-state index contributed by atoms with van der Waals surface area (Å²) in [5.41, 5.74) is 5.49. The molecule has 0 radical (unpaired) electrons. The Morgan fingerprint density at radius 3 is 2.58 bits per heavy atom. The van der Waals surface area contributed by atoms with Crippen LogP contribution in [0, 0.1) is 0 Å². The van der Waals surface area contributed by atoms with Gasteiger partial charge in [0.1, 0.15) is 5.69 Å². The monoisotopic (exact) mass is 338 g/mol. The zero-order chi connectivity index (χ0) is 17.3. The largest absolute Gasteiger partial charge is 0.433 e. The predicted molar refractivity (Wildman–Crippen MR) is 81.7 cm³/mol. The van der Waals surface area contributed by atoms with E-state index in [-0.39, 0.29) is 17.6 Å². The van der Waals surface area contributed by atoms with E-state index in [1.54, 1.807) is 17.0 Å². The standard InChI is InChI=1S/C16H17F3N4O/c17-16(18,19)14-4-7-21-23(14)13-3-1-2-11(10-13)15(24)22-8-5-12(20)6-9-22/h1-4,7,10,12H,5-6,8-9,20H2. The number of hydrogen-bond donors (Lipinski definition) is 1. The van der Waals surface area contributed by atoms with Crippen molar-refractivity contribution in [2.24, 2.45) is 5.73 Å². The number of amides is 1. The van der Waals surface area contributed by atoms with E-state index < -0.39 is 11.9 Å². The van der Waals surface area contributed by atoms with Gasteiger partial charge in [-0.25, -0.2) is 4.68 Å². The summed E-state index contributed by atoms with van der Waals surface area (Å²) in [5, 5.41) is 3.73. The van der Waals surface area contributed by atoms with Gasteiger partial charge >= 0.3 is 6.18 Å². The average molecular weight is 338 g/mol. The summed E-state index contributed by atoms with van der Waals surface area (Å²) in [6.07, 6.45) is -1.98. The molecule has 0 atom stereocenters. The third kappa shape index (κ3) is 3.28. The van der Waals surface area contributed by atoms with Gasteiger partial charge in [-0.1, -0.05) is 6.07 Å². The number of alkyl halides is 3. The van der Waals surface area contributed by atoms with Gasteiger partial charge in [0.2, 0.25) is 0 Å². The number of rotatable bonds is 2. The van der Waals surface area contributed by atoms with E-state index in [2.05, 4.69) is 5.10 Å². The first kappa shape index (κ1) is 16.5. The van der Waals surface area contributed by atoms with Gasteiger partial charge in [0.25, 0.3) is 5.91 Å². The highest BCUT2D eigenvalue weighted by atomic mass is 19.4. The lowest BCUT2D eigenvalue weighted by Gasteiger charge is -2.30. The Morgan fingerprint density at radius 1 is 1.21 bits per heavy atom. The third-order valence-electron chi connectivity index (χ3n) is 4.10. The number of carbonyl (C=O) groups excluding carboxylic acids is 1. The third-order valence-corrected chi connectivity index (χ3v) is 4.10. The van der Waals surface area contributed by atoms with Crippen LogP contribution in [0.2, 0.25) is 0 Å². The van der Waals surface area contributed by atoms with Crippen molar-refractivity contribution in [3.63, 3.8) is 0 Å². The van der Waals surface area contributed by atoms with Crippen molar-refractivity contribution in [2.45, 2.75) is 25.1 Å². The molecule has 0 unspecified atom stereocenters. The van der Waals surface area contributed by atoms with Crippen molar-refractivity contribution in [1.82, 2.24) is 14.7 Å². The Labute approximate surface area is 136 Å². The van der Waals surface area contributed by atoms with Crippen LogP contribution in [-0.2, 0) is 6.18 Å². The molecule has 1 aromatic heterocycles. The van der Waals surface area contributed by atoms with Crippen LogP contribution >= 0.6 is 0 Å². The number of hydrogen-bond acceptors (Lipinski definition) is 3. The second kappa shape index (κ2) is 6.27. The molecular formula is C16H17F3N4O. The summed E-state index contributed by atoms with van der Waals surface area (Å²) in [4.78, 5) is 14.2. The molecule has 0 spiro atoms. The first-order valence-corrected chi connectivity index (χ1v) is 7.63. The van der Waals surface area contributed by atoms with Crippen LogP contribution < -0.4 is 5.73 Å². The molecule has 2 N–H and O–H groups in total. The van der Waals surface area contributed by atoms with Crippen LogP contribution in [0.1, 0.15) is 28.9 Å². The number of likely N-dealkylation sites (tertiary alicyclic amines) is 1. The number of piperidine rings is 1. The van der Waals surface area contributed by atoms with Crippen molar-refractivity contribution >= 4 is 5.91 Å². The molecule has 1 saturated heterocycles. The Balaban J connectivity index is 1.88. The van der Waals surface area contributed by atoms with E-state index in [0.717, 1.165) is 29.8 Å². The molecule has 0 aliphatic carbocycles. The fourth-order valence-corrected chi connectivity index (χ4v) is 2.78. The highest BCUT2D eigenvalue weighted by Gasteiger charge is 2.35. The summed E-state index contributed by atoms with van der Waals surface area (Å²) in [6.45, 7) is 1.11. The number of carbonyl (C=O) groups is 1. The Hall–Kier alpha value is -2.35. The Kier molecular flexibility index (Phi) is 4.31. The van der Waals surface area contributed by atoms with E-state index in [9.17, 15) is 18.0 Å². The smallest absolute Gasteiger partial charge is 0.339 e. The average Bonchev–Trinajstić information content (AvgIpc) is 3.05. The zero-order valence-electron chi connectivity index (χ0n) is 12.8. The van der Waals surface area contributed by atoms with Gasteiger partial charge in [0, 0.05) is 24.7 Å². The number of nitrogens with zero attached hydrogens (tertiary/aromatic N) is 3. The molecule has 1 amide bonds. The van der Waals surface area contributed by atoms with E-state index in [1.807, 2.05) is 0 Å². The van der Waals surface area contributed by atoms with Crippen LogP contribution in [0.5, 0.6) is 0 Å². The second-order valence-electron chi connectivity index (χ2n) is 5.81. The van der Waals surface area contributed by atoms with Gasteiger partial charge in [-0.15, -0.1) is 0 Å². The maximum atomic E-state index is 13.0. The van der Waals surface area contributed by atoms with Crippen LogP contribution in [0.3, 0.4) is 0 Å². The molecule has 1 aromatic carbocycles. The fraction of sp³-hybridized carbons (Fsp3) is 0.375. The van der Waals surface area contributed by atoms with Crippen molar-refractivity contribution in [2.75, 3.05) is 13.1 Å². The number of nitrogens with two attached hydrogens (primary N) is 1. The molecule has 2 heterocycles. The van der Waals surface area contributed by atoms with Gasteiger partial charge in [-0.05, 0) is 37.1 Å².